The van der Waals surface area contributed by atoms with Crippen LogP contribution in [0, 0.1) is 0 Å². The Morgan fingerprint density at radius 2 is 1.91 bits per heavy atom. The van der Waals surface area contributed by atoms with Crippen LogP contribution in [0.15, 0.2) is 0 Å². The van der Waals surface area contributed by atoms with Gasteiger partial charge < -0.3 is 10.2 Å². The van der Waals surface area contributed by atoms with Gasteiger partial charge in [-0.25, -0.2) is 0 Å². The van der Waals surface area contributed by atoms with Crippen molar-refractivity contribution < 1.29 is 0 Å². The summed E-state index contributed by atoms with van der Waals surface area (Å²) in [5, 5.41) is 3.71. The fourth-order valence-corrected chi connectivity index (χ4v) is 1.74. The van der Waals surface area contributed by atoms with Crippen LogP contribution in [0.2, 0.25) is 0 Å². The van der Waals surface area contributed by atoms with Gasteiger partial charge in [-0.2, -0.15) is 0 Å². The predicted molar refractivity (Wildman–Crippen MR) is 54.8 cm³/mol. The molecule has 1 rings (SSSR count). The van der Waals surface area contributed by atoms with Crippen molar-refractivity contribution in [2.45, 2.75) is 26.3 Å². The number of hydrogen-bond acceptors (Lipinski definition) is 2. The second-order valence-electron chi connectivity index (χ2n) is 3.61. The molecule has 0 radical (unpaired) electrons. The molecule has 1 aliphatic heterocycles. The summed E-state index contributed by atoms with van der Waals surface area (Å²) in [6, 6.07) is 0. The van der Waals surface area contributed by atoms with Gasteiger partial charge in [0.1, 0.15) is 4.99 Å². The summed E-state index contributed by atoms with van der Waals surface area (Å²) in [5.74, 6) is 0. The van der Waals surface area contributed by atoms with Crippen molar-refractivity contribution in [2.75, 3.05) is 6.54 Å². The van der Waals surface area contributed by atoms with E-state index in [2.05, 4.69) is 31.0 Å². The zero-order chi connectivity index (χ0) is 8.65. The first-order chi connectivity index (χ1) is 4.91. The van der Waals surface area contributed by atoms with Gasteiger partial charge >= 0.3 is 0 Å². The van der Waals surface area contributed by atoms with E-state index in [1.165, 1.54) is 0 Å². The Bertz CT molecular complexity index is 205. The van der Waals surface area contributed by atoms with Gasteiger partial charge in [0.15, 0.2) is 5.11 Å². The summed E-state index contributed by atoms with van der Waals surface area (Å²) in [7, 11) is 0. The van der Waals surface area contributed by atoms with E-state index in [0.29, 0.717) is 0 Å². The van der Waals surface area contributed by atoms with E-state index < -0.39 is 0 Å². The molecule has 0 spiro atoms. The summed E-state index contributed by atoms with van der Waals surface area (Å²) in [6.07, 6.45) is 0. The molecule has 0 aromatic heterocycles. The third-order valence-corrected chi connectivity index (χ3v) is 2.16. The topological polar surface area (TPSA) is 15.3 Å². The lowest BCUT2D eigenvalue weighted by Gasteiger charge is -2.31. The molecule has 0 unspecified atom stereocenters. The van der Waals surface area contributed by atoms with Crippen molar-refractivity contribution in [3.8, 4) is 0 Å². The molecular weight excluding hydrogens is 176 g/mol. The molecule has 0 aromatic rings. The molecule has 0 aromatic carbocycles. The molecule has 4 heteroatoms. The zero-order valence-electron chi connectivity index (χ0n) is 6.97. The molecule has 1 N–H and O–H groups in total. The Balaban J connectivity index is 2.76. The molecule has 0 bridgehead atoms. The monoisotopic (exact) mass is 188 g/mol. The van der Waals surface area contributed by atoms with Crippen LogP contribution in [0.1, 0.15) is 20.8 Å². The van der Waals surface area contributed by atoms with Gasteiger partial charge in [0.2, 0.25) is 0 Å². The van der Waals surface area contributed by atoms with Crippen LogP contribution in [-0.4, -0.2) is 27.1 Å². The Kier molecular flexibility index (Phi) is 2.16. The van der Waals surface area contributed by atoms with Crippen molar-refractivity contribution in [1.29, 1.82) is 0 Å². The standard InChI is InChI=1S/C7H12N2S2/c1-7(2,3)9-4-5(10)8-6(9)11/h4H2,1-3H3,(H,8,10,11). The summed E-state index contributed by atoms with van der Waals surface area (Å²) >= 11 is 10.1. The third kappa shape index (κ3) is 1.87. The first-order valence-electron chi connectivity index (χ1n) is 3.53. The number of thiocarbonyl (C=S) groups is 2. The molecule has 0 aliphatic carbocycles. The normalized spacial score (nSPS) is 19.0. The van der Waals surface area contributed by atoms with Crippen LogP contribution in [-0.2, 0) is 0 Å². The molecule has 1 heterocycles. The van der Waals surface area contributed by atoms with Crippen LogP contribution >= 0.6 is 24.4 Å². The number of nitrogens with one attached hydrogen (secondary N) is 1. The number of nitrogens with zero attached hydrogens (tertiary/aromatic N) is 1. The fraction of sp³-hybridized carbons (Fsp3) is 0.714. The van der Waals surface area contributed by atoms with Gasteiger partial charge in [-0.15, -0.1) is 0 Å². The maximum atomic E-state index is 5.09. The Hall–Kier alpha value is -0.220. The third-order valence-electron chi connectivity index (χ3n) is 1.60. The lowest BCUT2D eigenvalue weighted by molar-refractivity contribution is 0.275. The minimum atomic E-state index is 0.0741. The average molecular weight is 188 g/mol. The van der Waals surface area contributed by atoms with Crippen LogP contribution in [0.3, 0.4) is 0 Å². The van der Waals surface area contributed by atoms with Crippen LogP contribution in [0.25, 0.3) is 0 Å². The quantitative estimate of drug-likeness (QED) is 0.576. The van der Waals surface area contributed by atoms with Crippen LogP contribution in [0.4, 0.5) is 0 Å². The first-order valence-corrected chi connectivity index (χ1v) is 4.34. The second kappa shape index (κ2) is 2.68. The lowest BCUT2D eigenvalue weighted by atomic mass is 10.1. The smallest absolute Gasteiger partial charge is 0.174 e. The van der Waals surface area contributed by atoms with Gasteiger partial charge in [-0.05, 0) is 33.0 Å². The average Bonchev–Trinajstić information content (AvgIpc) is 2.08. The van der Waals surface area contributed by atoms with Crippen molar-refractivity contribution in [1.82, 2.24) is 10.2 Å². The molecule has 0 amide bonds. The van der Waals surface area contributed by atoms with E-state index >= 15 is 0 Å². The van der Waals surface area contributed by atoms with E-state index in [9.17, 15) is 0 Å². The summed E-state index contributed by atoms with van der Waals surface area (Å²) in [4.78, 5) is 2.91. The molecule has 0 atom stereocenters. The van der Waals surface area contributed by atoms with Crippen molar-refractivity contribution in [2.24, 2.45) is 0 Å². The minimum absolute atomic E-state index is 0.0741. The predicted octanol–water partition coefficient (Wildman–Crippen LogP) is 1.30. The highest BCUT2D eigenvalue weighted by molar-refractivity contribution is 7.82. The summed E-state index contributed by atoms with van der Waals surface area (Å²) < 4.78 is 0. The Morgan fingerprint density at radius 3 is 2.09 bits per heavy atom. The summed E-state index contributed by atoms with van der Waals surface area (Å²) in [6.45, 7) is 7.12. The van der Waals surface area contributed by atoms with Gasteiger partial charge in [-0.1, -0.05) is 12.2 Å². The number of rotatable bonds is 0. The number of hydrogen-bond donors (Lipinski definition) is 1. The molecule has 62 valence electrons. The van der Waals surface area contributed by atoms with Crippen molar-refractivity contribution in [3.05, 3.63) is 0 Å². The van der Waals surface area contributed by atoms with Crippen molar-refractivity contribution >= 4 is 34.5 Å². The maximum Gasteiger partial charge on any atom is 0.174 e. The van der Waals surface area contributed by atoms with Gasteiger partial charge in [0, 0.05) is 5.54 Å². The Labute approximate surface area is 78.0 Å². The molecule has 0 saturated carbocycles. The minimum Gasteiger partial charge on any atom is -0.337 e. The molecule has 1 saturated heterocycles. The van der Waals surface area contributed by atoms with E-state index in [1.807, 2.05) is 0 Å². The van der Waals surface area contributed by atoms with E-state index in [-0.39, 0.29) is 5.54 Å². The largest absolute Gasteiger partial charge is 0.337 e. The van der Waals surface area contributed by atoms with E-state index in [4.69, 9.17) is 24.4 Å². The Morgan fingerprint density at radius 1 is 1.36 bits per heavy atom. The maximum absolute atomic E-state index is 5.09. The highest BCUT2D eigenvalue weighted by Crippen LogP contribution is 2.16. The fourth-order valence-electron chi connectivity index (χ4n) is 0.983. The van der Waals surface area contributed by atoms with Gasteiger partial charge in [0.25, 0.3) is 0 Å². The highest BCUT2D eigenvalue weighted by Gasteiger charge is 2.29. The zero-order valence-corrected chi connectivity index (χ0v) is 8.60. The molecule has 11 heavy (non-hydrogen) atoms. The summed E-state index contributed by atoms with van der Waals surface area (Å²) in [5.41, 5.74) is 0.0741. The lowest BCUT2D eigenvalue weighted by Crippen LogP contribution is -2.43. The molecule has 1 fully saturated rings. The SMILES string of the molecule is CC(C)(C)N1CC(=S)NC1=S. The van der Waals surface area contributed by atoms with Crippen molar-refractivity contribution in [3.63, 3.8) is 0 Å². The molecule has 1 aliphatic rings. The highest BCUT2D eigenvalue weighted by atomic mass is 32.1. The second-order valence-corrected chi connectivity index (χ2v) is 4.49. The molecule has 2 nitrogen and oxygen atoms in total. The van der Waals surface area contributed by atoms with Gasteiger partial charge in [-0.3, -0.25) is 0 Å². The van der Waals surface area contributed by atoms with Crippen LogP contribution < -0.4 is 5.32 Å². The van der Waals surface area contributed by atoms with Gasteiger partial charge in [0.05, 0.1) is 6.54 Å². The van der Waals surface area contributed by atoms with E-state index in [1.54, 1.807) is 0 Å². The molecular formula is C7H12N2S2. The first kappa shape index (κ1) is 8.87. The van der Waals surface area contributed by atoms with E-state index in [0.717, 1.165) is 16.6 Å². The van der Waals surface area contributed by atoms with Crippen LogP contribution in [0.5, 0.6) is 0 Å².